The van der Waals surface area contributed by atoms with E-state index in [1.807, 2.05) is 43.3 Å². The Kier molecular flexibility index (Phi) is 4.92. The maximum atomic E-state index is 13.3. The molecule has 1 aliphatic heterocycles. The van der Waals surface area contributed by atoms with E-state index in [0.29, 0.717) is 36.8 Å². The second-order valence-electron chi connectivity index (χ2n) is 8.28. The highest BCUT2D eigenvalue weighted by atomic mass is 16.5. The van der Waals surface area contributed by atoms with E-state index in [2.05, 4.69) is 14.9 Å². The predicted octanol–water partition coefficient (Wildman–Crippen LogP) is 2.80. The lowest BCUT2D eigenvalue weighted by molar-refractivity contribution is 0.371. The van der Waals surface area contributed by atoms with Crippen LogP contribution in [0, 0.1) is 6.92 Å². The molecule has 164 valence electrons. The fourth-order valence-electron chi connectivity index (χ4n) is 4.74. The summed E-state index contributed by atoms with van der Waals surface area (Å²) in [5.41, 5.74) is 1.96. The molecule has 0 aliphatic carbocycles. The number of aromatic nitrogens is 4. The molecule has 2 aromatic carbocycles. The van der Waals surface area contributed by atoms with Crippen LogP contribution in [0.2, 0.25) is 0 Å². The molecular formula is C24H25N5O3. The maximum absolute atomic E-state index is 13.3. The molecule has 0 unspecified atom stereocenters. The van der Waals surface area contributed by atoms with Crippen LogP contribution in [0.15, 0.2) is 52.3 Å². The maximum Gasteiger partial charge on any atom is 0.331 e. The molecule has 0 N–H and O–H groups in total. The normalized spacial score (nSPS) is 14.9. The van der Waals surface area contributed by atoms with E-state index in [0.717, 1.165) is 28.0 Å². The first-order valence-electron chi connectivity index (χ1n) is 10.7. The topological polar surface area (TPSA) is 82.2 Å². The van der Waals surface area contributed by atoms with Crippen molar-refractivity contribution in [3.05, 3.63) is 69.1 Å². The van der Waals surface area contributed by atoms with E-state index < -0.39 is 0 Å². The van der Waals surface area contributed by atoms with Crippen molar-refractivity contribution in [2.75, 3.05) is 25.1 Å². The van der Waals surface area contributed by atoms with Gasteiger partial charge in [-0.3, -0.25) is 13.9 Å². The SMILES string of the molecule is COc1ccc2ncnc(N3CCC(n4c(=O)c5c(C)cccc5n(C)c4=O)CC3)c2c1. The molecule has 0 atom stereocenters. The van der Waals surface area contributed by atoms with E-state index in [1.165, 1.54) is 4.57 Å². The number of ether oxygens (including phenoxy) is 1. The van der Waals surface area contributed by atoms with Crippen molar-refractivity contribution in [2.24, 2.45) is 7.05 Å². The van der Waals surface area contributed by atoms with Gasteiger partial charge in [0.15, 0.2) is 0 Å². The van der Waals surface area contributed by atoms with Crippen molar-refractivity contribution in [2.45, 2.75) is 25.8 Å². The minimum absolute atomic E-state index is 0.149. The van der Waals surface area contributed by atoms with E-state index >= 15 is 0 Å². The molecule has 32 heavy (non-hydrogen) atoms. The van der Waals surface area contributed by atoms with Gasteiger partial charge in [-0.15, -0.1) is 0 Å². The van der Waals surface area contributed by atoms with Crippen LogP contribution in [0.25, 0.3) is 21.8 Å². The summed E-state index contributed by atoms with van der Waals surface area (Å²) in [5, 5.41) is 1.55. The summed E-state index contributed by atoms with van der Waals surface area (Å²) in [6, 6.07) is 11.2. The van der Waals surface area contributed by atoms with Crippen molar-refractivity contribution in [1.82, 2.24) is 19.1 Å². The third-order valence-electron chi connectivity index (χ3n) is 6.49. The lowest BCUT2D eigenvalue weighted by atomic mass is 10.0. The molecule has 5 rings (SSSR count). The number of anilines is 1. The van der Waals surface area contributed by atoms with Gasteiger partial charge in [-0.25, -0.2) is 14.8 Å². The van der Waals surface area contributed by atoms with Gasteiger partial charge in [0.1, 0.15) is 17.9 Å². The van der Waals surface area contributed by atoms with E-state index in [4.69, 9.17) is 4.74 Å². The van der Waals surface area contributed by atoms with Crippen molar-refractivity contribution in [3.63, 3.8) is 0 Å². The van der Waals surface area contributed by atoms with Crippen LogP contribution in [-0.2, 0) is 7.05 Å². The highest BCUT2D eigenvalue weighted by molar-refractivity contribution is 5.90. The number of hydrogen-bond donors (Lipinski definition) is 0. The van der Waals surface area contributed by atoms with Gasteiger partial charge < -0.3 is 9.64 Å². The van der Waals surface area contributed by atoms with Crippen LogP contribution in [-0.4, -0.2) is 39.3 Å². The minimum Gasteiger partial charge on any atom is -0.497 e. The first-order chi connectivity index (χ1) is 15.5. The van der Waals surface area contributed by atoms with Crippen molar-refractivity contribution >= 4 is 27.6 Å². The minimum atomic E-state index is -0.260. The van der Waals surface area contributed by atoms with Gasteiger partial charge in [-0.05, 0) is 49.6 Å². The van der Waals surface area contributed by atoms with E-state index in [9.17, 15) is 9.59 Å². The van der Waals surface area contributed by atoms with Gasteiger partial charge >= 0.3 is 5.69 Å². The van der Waals surface area contributed by atoms with Gasteiger partial charge in [0.05, 0.1) is 23.5 Å². The largest absolute Gasteiger partial charge is 0.497 e. The molecule has 1 aliphatic rings. The fourth-order valence-corrected chi connectivity index (χ4v) is 4.74. The number of fused-ring (bicyclic) bond motifs is 2. The fraction of sp³-hybridized carbons (Fsp3) is 0.333. The summed E-state index contributed by atoms with van der Waals surface area (Å²) in [4.78, 5) is 37.5. The second-order valence-corrected chi connectivity index (χ2v) is 8.28. The molecule has 0 radical (unpaired) electrons. The van der Waals surface area contributed by atoms with Gasteiger partial charge in [0.2, 0.25) is 0 Å². The zero-order valence-electron chi connectivity index (χ0n) is 18.4. The second kappa shape index (κ2) is 7.78. The van der Waals surface area contributed by atoms with E-state index in [1.54, 1.807) is 25.1 Å². The summed E-state index contributed by atoms with van der Waals surface area (Å²) in [6.45, 7) is 3.29. The summed E-state index contributed by atoms with van der Waals surface area (Å²) in [5.74, 6) is 1.60. The standard InChI is InChI=1S/C24H25N5O3/c1-15-5-4-6-20-21(15)23(30)29(24(31)27(20)2)16-9-11-28(12-10-16)22-18-13-17(32-3)7-8-19(18)25-14-26-22/h4-8,13-14,16H,9-12H2,1-3H3. The molecular weight excluding hydrogens is 406 g/mol. The number of hydrogen-bond acceptors (Lipinski definition) is 6. The Morgan fingerprint density at radius 3 is 2.59 bits per heavy atom. The van der Waals surface area contributed by atoms with Gasteiger partial charge in [-0.1, -0.05) is 12.1 Å². The molecule has 2 aromatic heterocycles. The van der Waals surface area contributed by atoms with E-state index in [-0.39, 0.29) is 17.3 Å². The Morgan fingerprint density at radius 1 is 1.06 bits per heavy atom. The predicted molar refractivity (Wildman–Crippen MR) is 125 cm³/mol. The first-order valence-corrected chi connectivity index (χ1v) is 10.7. The summed E-state index contributed by atoms with van der Waals surface area (Å²) < 4.78 is 8.41. The number of aryl methyl sites for hydroxylation is 2. The third-order valence-corrected chi connectivity index (χ3v) is 6.49. The van der Waals surface area contributed by atoms with Crippen LogP contribution < -0.4 is 20.9 Å². The molecule has 8 heteroatoms. The van der Waals surface area contributed by atoms with Crippen LogP contribution in [0.4, 0.5) is 5.82 Å². The first kappa shape index (κ1) is 20.2. The molecule has 1 saturated heterocycles. The molecule has 8 nitrogen and oxygen atoms in total. The highest BCUT2D eigenvalue weighted by Gasteiger charge is 2.26. The monoisotopic (exact) mass is 431 g/mol. The average molecular weight is 431 g/mol. The van der Waals surface area contributed by atoms with Gasteiger partial charge in [0, 0.05) is 31.6 Å². The zero-order valence-corrected chi connectivity index (χ0v) is 18.4. The Bertz CT molecular complexity index is 1450. The molecule has 0 amide bonds. The zero-order chi connectivity index (χ0) is 22.4. The summed E-state index contributed by atoms with van der Waals surface area (Å²) in [7, 11) is 3.37. The van der Waals surface area contributed by atoms with Crippen LogP contribution >= 0.6 is 0 Å². The lowest BCUT2D eigenvalue weighted by Crippen LogP contribution is -2.45. The highest BCUT2D eigenvalue weighted by Crippen LogP contribution is 2.30. The average Bonchev–Trinajstić information content (AvgIpc) is 2.82. The Morgan fingerprint density at radius 2 is 1.84 bits per heavy atom. The molecule has 4 aromatic rings. The number of methoxy groups -OCH3 is 1. The smallest absolute Gasteiger partial charge is 0.331 e. The third kappa shape index (κ3) is 3.14. The van der Waals surface area contributed by atoms with Gasteiger partial charge in [-0.2, -0.15) is 0 Å². The van der Waals surface area contributed by atoms with Crippen molar-refractivity contribution in [3.8, 4) is 5.75 Å². The molecule has 1 fully saturated rings. The number of nitrogens with zero attached hydrogens (tertiary/aromatic N) is 5. The lowest BCUT2D eigenvalue weighted by Gasteiger charge is -2.34. The van der Waals surface area contributed by atoms with Crippen LogP contribution in [0.1, 0.15) is 24.4 Å². The summed E-state index contributed by atoms with van der Waals surface area (Å²) >= 11 is 0. The van der Waals surface area contributed by atoms with Crippen molar-refractivity contribution in [1.29, 1.82) is 0 Å². The molecule has 0 spiro atoms. The number of piperidine rings is 1. The van der Waals surface area contributed by atoms with Crippen molar-refractivity contribution < 1.29 is 4.74 Å². The van der Waals surface area contributed by atoms with Gasteiger partial charge in [0.25, 0.3) is 5.56 Å². The Labute approximate surface area is 184 Å². The number of benzene rings is 2. The molecule has 3 heterocycles. The Balaban J connectivity index is 1.49. The quantitative estimate of drug-likeness (QED) is 0.496. The molecule has 0 saturated carbocycles. The Hall–Kier alpha value is -3.68. The van der Waals surface area contributed by atoms with Crippen LogP contribution in [0.5, 0.6) is 5.75 Å². The molecule has 0 bridgehead atoms. The summed E-state index contributed by atoms with van der Waals surface area (Å²) in [6.07, 6.45) is 2.94. The number of rotatable bonds is 3. The van der Waals surface area contributed by atoms with Crippen LogP contribution in [0.3, 0.4) is 0 Å².